The third-order valence-electron chi connectivity index (χ3n) is 6.90. The lowest BCUT2D eigenvalue weighted by Gasteiger charge is -2.42. The minimum Gasteiger partial charge on any atom is -0.375 e. The van der Waals surface area contributed by atoms with Gasteiger partial charge in [0.15, 0.2) is 0 Å². The second kappa shape index (κ2) is 8.81. The molecular formula is C25H29N3O3. The van der Waals surface area contributed by atoms with Crippen LogP contribution in [0, 0.1) is 5.92 Å². The van der Waals surface area contributed by atoms with Gasteiger partial charge in [-0.1, -0.05) is 24.3 Å². The van der Waals surface area contributed by atoms with Crippen LogP contribution in [-0.4, -0.2) is 52.7 Å². The van der Waals surface area contributed by atoms with E-state index in [1.165, 1.54) is 0 Å². The van der Waals surface area contributed by atoms with E-state index in [0.29, 0.717) is 19.1 Å². The number of para-hydroxylation sites is 1. The number of aromatic amines is 1. The van der Waals surface area contributed by atoms with Crippen molar-refractivity contribution in [1.82, 2.24) is 14.9 Å². The van der Waals surface area contributed by atoms with Gasteiger partial charge in [0.2, 0.25) is 0 Å². The summed E-state index contributed by atoms with van der Waals surface area (Å²) in [4.78, 5) is 22.6. The van der Waals surface area contributed by atoms with Crippen LogP contribution in [0.2, 0.25) is 0 Å². The van der Waals surface area contributed by atoms with Crippen molar-refractivity contribution in [3.05, 3.63) is 66.1 Å². The van der Waals surface area contributed by atoms with Crippen LogP contribution in [-0.2, 0) is 16.1 Å². The number of nitrogens with one attached hydrogen (secondary N) is 1. The first-order valence-corrected chi connectivity index (χ1v) is 11.2. The molecule has 2 aliphatic heterocycles. The van der Waals surface area contributed by atoms with Crippen molar-refractivity contribution in [1.29, 1.82) is 0 Å². The Labute approximate surface area is 182 Å². The second-order valence-corrected chi connectivity index (χ2v) is 8.60. The van der Waals surface area contributed by atoms with E-state index >= 15 is 0 Å². The molecule has 1 N–H and O–H groups in total. The van der Waals surface area contributed by atoms with Crippen LogP contribution < -0.4 is 0 Å². The largest absolute Gasteiger partial charge is 0.375 e. The molecule has 31 heavy (non-hydrogen) atoms. The Morgan fingerprint density at radius 1 is 1.19 bits per heavy atom. The number of ether oxygens (including phenoxy) is 2. The smallest absolute Gasteiger partial charge is 0.256 e. The number of nitrogens with zero attached hydrogens (tertiary/aromatic N) is 2. The molecule has 0 bridgehead atoms. The highest BCUT2D eigenvalue weighted by Crippen LogP contribution is 2.42. The van der Waals surface area contributed by atoms with Crippen LogP contribution in [0.15, 0.2) is 54.9 Å². The van der Waals surface area contributed by atoms with Crippen molar-refractivity contribution < 1.29 is 14.3 Å². The maximum Gasteiger partial charge on any atom is 0.256 e. The molecule has 1 amide bonds. The minimum atomic E-state index is -0.106. The Morgan fingerprint density at radius 3 is 2.87 bits per heavy atom. The molecule has 2 saturated heterocycles. The number of hydrogen-bond donors (Lipinski definition) is 1. The lowest BCUT2D eigenvalue weighted by Crippen LogP contribution is -2.49. The SMILES string of the molecule is O=C(c1c[nH]c2ccccc12)N1CCC2(CC1)OCC[C@H]2CCOCc1ccccn1. The van der Waals surface area contributed by atoms with E-state index in [1.54, 1.807) is 6.20 Å². The van der Waals surface area contributed by atoms with Crippen molar-refractivity contribution >= 4 is 16.8 Å². The number of carbonyl (C=O) groups is 1. The summed E-state index contributed by atoms with van der Waals surface area (Å²) in [7, 11) is 0. The Bertz CT molecular complexity index is 1020. The maximum atomic E-state index is 13.1. The number of carbonyl (C=O) groups excluding carboxylic acids is 1. The maximum absolute atomic E-state index is 13.1. The van der Waals surface area contributed by atoms with Gasteiger partial charge in [0, 0.05) is 49.6 Å². The number of hydrogen-bond acceptors (Lipinski definition) is 4. The van der Waals surface area contributed by atoms with Crippen LogP contribution in [0.25, 0.3) is 10.9 Å². The molecule has 4 heterocycles. The van der Waals surface area contributed by atoms with Gasteiger partial charge >= 0.3 is 0 Å². The lowest BCUT2D eigenvalue weighted by atomic mass is 9.78. The van der Waals surface area contributed by atoms with Gasteiger partial charge in [0.25, 0.3) is 5.91 Å². The number of likely N-dealkylation sites (tertiary alicyclic amines) is 1. The van der Waals surface area contributed by atoms with E-state index < -0.39 is 0 Å². The molecule has 0 radical (unpaired) electrons. The highest BCUT2D eigenvalue weighted by molar-refractivity contribution is 6.06. The molecular weight excluding hydrogens is 390 g/mol. The molecule has 1 atom stereocenters. The summed E-state index contributed by atoms with van der Waals surface area (Å²) in [5.74, 6) is 0.599. The van der Waals surface area contributed by atoms with Crippen LogP contribution >= 0.6 is 0 Å². The van der Waals surface area contributed by atoms with E-state index in [4.69, 9.17) is 9.47 Å². The summed E-state index contributed by atoms with van der Waals surface area (Å²) in [5, 5.41) is 0.993. The number of H-pyrrole nitrogens is 1. The molecule has 5 rings (SSSR count). The summed E-state index contributed by atoms with van der Waals surface area (Å²) < 4.78 is 12.2. The van der Waals surface area contributed by atoms with Gasteiger partial charge < -0.3 is 19.4 Å². The summed E-state index contributed by atoms with van der Waals surface area (Å²) in [5.41, 5.74) is 2.62. The average Bonchev–Trinajstić information content (AvgIpc) is 3.42. The molecule has 2 fully saturated rings. The molecule has 0 aliphatic carbocycles. The zero-order valence-corrected chi connectivity index (χ0v) is 17.8. The second-order valence-electron chi connectivity index (χ2n) is 8.60. The predicted molar refractivity (Wildman–Crippen MR) is 119 cm³/mol. The topological polar surface area (TPSA) is 67.5 Å². The van der Waals surface area contributed by atoms with E-state index in [1.807, 2.05) is 53.6 Å². The van der Waals surface area contributed by atoms with Gasteiger partial charge in [-0.3, -0.25) is 9.78 Å². The number of aromatic nitrogens is 2. The highest BCUT2D eigenvalue weighted by Gasteiger charge is 2.46. The molecule has 6 heteroatoms. The summed E-state index contributed by atoms with van der Waals surface area (Å²) >= 11 is 0. The number of rotatable bonds is 6. The van der Waals surface area contributed by atoms with Crippen molar-refractivity contribution in [2.45, 2.75) is 37.9 Å². The molecule has 2 aliphatic rings. The zero-order chi connectivity index (χ0) is 21.1. The van der Waals surface area contributed by atoms with Gasteiger partial charge in [-0.2, -0.15) is 0 Å². The standard InChI is InChI=1S/C25H29N3O3/c29-24(22-17-27-23-7-2-1-6-21(22)23)28-13-10-25(11-14-28)19(9-16-31-25)8-15-30-18-20-5-3-4-12-26-20/h1-7,12,17,19,27H,8-11,13-16,18H2/t19-/m1/s1. The third kappa shape index (κ3) is 4.10. The van der Waals surface area contributed by atoms with E-state index in [-0.39, 0.29) is 11.5 Å². The number of benzene rings is 1. The third-order valence-corrected chi connectivity index (χ3v) is 6.90. The summed E-state index contributed by atoms with van der Waals surface area (Å²) in [6, 6.07) is 13.9. The zero-order valence-electron chi connectivity index (χ0n) is 17.8. The van der Waals surface area contributed by atoms with E-state index in [2.05, 4.69) is 9.97 Å². The van der Waals surface area contributed by atoms with Gasteiger partial charge in [0.05, 0.1) is 23.5 Å². The number of fused-ring (bicyclic) bond motifs is 1. The molecule has 3 aromatic rings. The number of piperidine rings is 1. The minimum absolute atomic E-state index is 0.106. The molecule has 0 saturated carbocycles. The average molecular weight is 420 g/mol. The summed E-state index contributed by atoms with van der Waals surface area (Å²) in [6.45, 7) is 3.55. The Morgan fingerprint density at radius 2 is 2.03 bits per heavy atom. The van der Waals surface area contributed by atoms with Crippen molar-refractivity contribution in [3.8, 4) is 0 Å². The van der Waals surface area contributed by atoms with E-state index in [9.17, 15) is 4.79 Å². The number of amides is 1. The van der Waals surface area contributed by atoms with Crippen molar-refractivity contribution in [2.24, 2.45) is 5.92 Å². The molecule has 162 valence electrons. The molecule has 1 spiro atoms. The normalized spacial score (nSPS) is 20.5. The Balaban J connectivity index is 1.16. The fraction of sp³-hybridized carbons (Fsp3) is 0.440. The van der Waals surface area contributed by atoms with Gasteiger partial charge in [0.1, 0.15) is 0 Å². The fourth-order valence-electron chi connectivity index (χ4n) is 5.14. The Kier molecular flexibility index (Phi) is 5.74. The van der Waals surface area contributed by atoms with Crippen molar-refractivity contribution in [3.63, 3.8) is 0 Å². The highest BCUT2D eigenvalue weighted by atomic mass is 16.5. The molecule has 1 aromatic carbocycles. The van der Waals surface area contributed by atoms with Crippen LogP contribution in [0.1, 0.15) is 41.7 Å². The van der Waals surface area contributed by atoms with Gasteiger partial charge in [-0.15, -0.1) is 0 Å². The quantitative estimate of drug-likeness (QED) is 0.609. The molecule has 6 nitrogen and oxygen atoms in total. The first-order valence-electron chi connectivity index (χ1n) is 11.2. The van der Waals surface area contributed by atoms with Gasteiger partial charge in [-0.05, 0) is 49.8 Å². The molecule has 2 aromatic heterocycles. The van der Waals surface area contributed by atoms with E-state index in [0.717, 1.165) is 67.5 Å². The first-order chi connectivity index (χ1) is 15.3. The van der Waals surface area contributed by atoms with Crippen LogP contribution in [0.5, 0.6) is 0 Å². The lowest BCUT2D eigenvalue weighted by molar-refractivity contribution is -0.0675. The fourth-order valence-corrected chi connectivity index (χ4v) is 5.14. The Hall–Kier alpha value is -2.70. The van der Waals surface area contributed by atoms with Gasteiger partial charge in [-0.25, -0.2) is 0 Å². The monoisotopic (exact) mass is 419 g/mol. The number of pyridine rings is 1. The van der Waals surface area contributed by atoms with Crippen molar-refractivity contribution in [2.75, 3.05) is 26.3 Å². The predicted octanol–water partition coefficient (Wildman–Crippen LogP) is 4.18. The molecule has 0 unspecified atom stereocenters. The van der Waals surface area contributed by atoms with Crippen LogP contribution in [0.4, 0.5) is 0 Å². The summed E-state index contributed by atoms with van der Waals surface area (Å²) in [6.07, 6.45) is 7.49. The first kappa shape index (κ1) is 20.2. The van der Waals surface area contributed by atoms with Crippen LogP contribution in [0.3, 0.4) is 0 Å².